The monoisotopic (exact) mass is 253 g/mol. The summed E-state index contributed by atoms with van der Waals surface area (Å²) in [7, 11) is 0. The Kier molecular flexibility index (Phi) is 3.95. The SMILES string of the molecule is OC(CCC(F)(F)F)C1CN2CCCC2CO1. The largest absolute Gasteiger partial charge is 0.390 e. The number of nitrogens with zero attached hydrogens (tertiary/aromatic N) is 1. The number of hydrogen-bond donors (Lipinski definition) is 1. The lowest BCUT2D eigenvalue weighted by atomic mass is 10.1. The smallest absolute Gasteiger partial charge is 0.389 e. The van der Waals surface area contributed by atoms with E-state index in [4.69, 9.17) is 4.74 Å². The lowest BCUT2D eigenvalue weighted by Gasteiger charge is -2.37. The first-order chi connectivity index (χ1) is 7.96. The zero-order chi connectivity index (χ0) is 12.5. The molecule has 0 aromatic rings. The molecule has 0 radical (unpaired) electrons. The van der Waals surface area contributed by atoms with Crippen LogP contribution in [0.1, 0.15) is 25.7 Å². The summed E-state index contributed by atoms with van der Waals surface area (Å²) < 4.78 is 41.6. The fraction of sp³-hybridized carbons (Fsp3) is 1.00. The molecule has 6 heteroatoms. The van der Waals surface area contributed by atoms with E-state index in [1.54, 1.807) is 0 Å². The fourth-order valence-corrected chi connectivity index (χ4v) is 2.57. The molecule has 3 unspecified atom stereocenters. The molecule has 3 atom stereocenters. The average Bonchev–Trinajstić information content (AvgIpc) is 2.71. The van der Waals surface area contributed by atoms with Gasteiger partial charge in [-0.3, -0.25) is 4.90 Å². The second-order valence-corrected chi connectivity index (χ2v) is 4.88. The quantitative estimate of drug-likeness (QED) is 0.828. The second kappa shape index (κ2) is 5.12. The molecular formula is C11H18F3NO2. The van der Waals surface area contributed by atoms with E-state index in [1.807, 2.05) is 0 Å². The highest BCUT2D eigenvalue weighted by Crippen LogP contribution is 2.27. The van der Waals surface area contributed by atoms with E-state index in [-0.39, 0.29) is 6.42 Å². The van der Waals surface area contributed by atoms with Crippen LogP contribution in [0.25, 0.3) is 0 Å². The van der Waals surface area contributed by atoms with Crippen molar-refractivity contribution in [1.29, 1.82) is 0 Å². The maximum absolute atomic E-state index is 12.0. The van der Waals surface area contributed by atoms with Crippen molar-refractivity contribution in [1.82, 2.24) is 4.90 Å². The van der Waals surface area contributed by atoms with Crippen LogP contribution in [0.15, 0.2) is 0 Å². The minimum Gasteiger partial charge on any atom is -0.390 e. The Hall–Kier alpha value is -0.330. The second-order valence-electron chi connectivity index (χ2n) is 4.88. The van der Waals surface area contributed by atoms with Gasteiger partial charge >= 0.3 is 6.18 Å². The number of hydrogen-bond acceptors (Lipinski definition) is 3. The fourth-order valence-electron chi connectivity index (χ4n) is 2.57. The number of ether oxygens (including phenoxy) is 1. The van der Waals surface area contributed by atoms with E-state index in [0.29, 0.717) is 19.2 Å². The van der Waals surface area contributed by atoms with Crippen LogP contribution in [0.4, 0.5) is 13.2 Å². The van der Waals surface area contributed by atoms with Crippen LogP contribution in [0.3, 0.4) is 0 Å². The number of aliphatic hydroxyl groups excluding tert-OH is 1. The van der Waals surface area contributed by atoms with Crippen LogP contribution in [-0.2, 0) is 4.74 Å². The van der Waals surface area contributed by atoms with Gasteiger partial charge in [-0.2, -0.15) is 13.2 Å². The molecule has 17 heavy (non-hydrogen) atoms. The van der Waals surface area contributed by atoms with Crippen molar-refractivity contribution in [2.45, 2.75) is 50.1 Å². The number of alkyl halides is 3. The maximum Gasteiger partial charge on any atom is 0.389 e. The first kappa shape index (κ1) is 13.1. The van der Waals surface area contributed by atoms with Crippen LogP contribution in [-0.4, -0.2) is 54.1 Å². The van der Waals surface area contributed by atoms with E-state index in [2.05, 4.69) is 4.90 Å². The van der Waals surface area contributed by atoms with Crippen molar-refractivity contribution >= 4 is 0 Å². The molecule has 3 nitrogen and oxygen atoms in total. The molecule has 0 saturated carbocycles. The molecule has 0 aromatic carbocycles. The van der Waals surface area contributed by atoms with Crippen LogP contribution in [0, 0.1) is 0 Å². The summed E-state index contributed by atoms with van der Waals surface area (Å²) in [5.41, 5.74) is 0. The van der Waals surface area contributed by atoms with Gasteiger partial charge in [0.15, 0.2) is 0 Å². The third-order valence-electron chi connectivity index (χ3n) is 3.57. The Morgan fingerprint density at radius 1 is 1.41 bits per heavy atom. The first-order valence-electron chi connectivity index (χ1n) is 6.06. The van der Waals surface area contributed by atoms with Crippen molar-refractivity contribution in [3.8, 4) is 0 Å². The Morgan fingerprint density at radius 2 is 2.18 bits per heavy atom. The molecule has 0 aromatic heterocycles. The van der Waals surface area contributed by atoms with Crippen LogP contribution >= 0.6 is 0 Å². The van der Waals surface area contributed by atoms with E-state index in [9.17, 15) is 18.3 Å². The highest BCUT2D eigenvalue weighted by Gasteiger charge is 2.36. The van der Waals surface area contributed by atoms with Crippen LogP contribution < -0.4 is 0 Å². The lowest BCUT2D eigenvalue weighted by molar-refractivity contribution is -0.151. The summed E-state index contributed by atoms with van der Waals surface area (Å²) in [4.78, 5) is 2.21. The minimum atomic E-state index is -4.20. The zero-order valence-corrected chi connectivity index (χ0v) is 9.62. The molecule has 2 aliphatic heterocycles. The number of morpholine rings is 1. The van der Waals surface area contributed by atoms with Gasteiger partial charge in [0.25, 0.3) is 0 Å². The molecule has 100 valence electrons. The molecular weight excluding hydrogens is 235 g/mol. The molecule has 2 rings (SSSR count). The first-order valence-corrected chi connectivity index (χ1v) is 6.06. The number of halogens is 3. The van der Waals surface area contributed by atoms with Gasteiger partial charge in [-0.15, -0.1) is 0 Å². The molecule has 0 spiro atoms. The summed E-state index contributed by atoms with van der Waals surface area (Å²) in [5, 5.41) is 9.71. The van der Waals surface area contributed by atoms with Gasteiger partial charge in [0, 0.05) is 19.0 Å². The predicted octanol–water partition coefficient (Wildman–Crippen LogP) is 1.55. The Bertz CT molecular complexity index is 260. The Morgan fingerprint density at radius 3 is 2.88 bits per heavy atom. The van der Waals surface area contributed by atoms with Crippen LogP contribution in [0.5, 0.6) is 0 Å². The average molecular weight is 253 g/mol. The summed E-state index contributed by atoms with van der Waals surface area (Å²) >= 11 is 0. The van der Waals surface area contributed by atoms with Crippen molar-refractivity contribution in [2.75, 3.05) is 19.7 Å². The number of fused-ring (bicyclic) bond motifs is 1. The van der Waals surface area contributed by atoms with Gasteiger partial charge in [0.05, 0.1) is 18.8 Å². The van der Waals surface area contributed by atoms with Gasteiger partial charge in [0.1, 0.15) is 0 Å². The van der Waals surface area contributed by atoms with E-state index in [1.165, 1.54) is 0 Å². The van der Waals surface area contributed by atoms with Crippen molar-refractivity contribution in [2.24, 2.45) is 0 Å². The Balaban J connectivity index is 1.78. The molecule has 0 aliphatic carbocycles. The molecule has 2 aliphatic rings. The molecule has 2 fully saturated rings. The topological polar surface area (TPSA) is 32.7 Å². The highest BCUT2D eigenvalue weighted by molar-refractivity contribution is 4.87. The van der Waals surface area contributed by atoms with Crippen molar-refractivity contribution < 1.29 is 23.0 Å². The molecule has 0 amide bonds. The van der Waals surface area contributed by atoms with Gasteiger partial charge in [-0.1, -0.05) is 0 Å². The summed E-state index contributed by atoms with van der Waals surface area (Å²) in [6.07, 6.45) is -4.70. The van der Waals surface area contributed by atoms with Crippen LogP contribution in [0.2, 0.25) is 0 Å². The third-order valence-corrected chi connectivity index (χ3v) is 3.57. The number of rotatable bonds is 3. The standard InChI is InChI=1S/C11H18F3NO2/c12-11(13,14)4-3-9(16)10-6-15-5-1-2-8(15)7-17-10/h8-10,16H,1-7H2. The van der Waals surface area contributed by atoms with E-state index >= 15 is 0 Å². The molecule has 1 N–H and O–H groups in total. The predicted molar refractivity (Wildman–Crippen MR) is 55.6 cm³/mol. The third kappa shape index (κ3) is 3.56. The maximum atomic E-state index is 12.0. The van der Waals surface area contributed by atoms with Crippen molar-refractivity contribution in [3.63, 3.8) is 0 Å². The summed E-state index contributed by atoms with van der Waals surface area (Å²) in [5.74, 6) is 0. The zero-order valence-electron chi connectivity index (χ0n) is 9.62. The van der Waals surface area contributed by atoms with Gasteiger partial charge in [-0.05, 0) is 25.8 Å². The van der Waals surface area contributed by atoms with Gasteiger partial charge in [0.2, 0.25) is 0 Å². The van der Waals surface area contributed by atoms with Gasteiger partial charge in [-0.25, -0.2) is 0 Å². The molecule has 2 saturated heterocycles. The molecule has 0 bridgehead atoms. The normalized spacial score (nSPS) is 32.5. The summed E-state index contributed by atoms with van der Waals surface area (Å²) in [6, 6.07) is 0.404. The summed E-state index contributed by atoms with van der Waals surface area (Å²) in [6.45, 7) is 2.06. The van der Waals surface area contributed by atoms with Gasteiger partial charge < -0.3 is 9.84 Å². The van der Waals surface area contributed by atoms with E-state index in [0.717, 1.165) is 19.4 Å². The Labute approximate surface area is 98.5 Å². The lowest BCUT2D eigenvalue weighted by Crippen LogP contribution is -2.50. The minimum absolute atomic E-state index is 0.271. The van der Waals surface area contributed by atoms with E-state index < -0.39 is 24.8 Å². The molecule has 2 heterocycles. The highest BCUT2D eigenvalue weighted by atomic mass is 19.4. The number of aliphatic hydroxyl groups is 1. The van der Waals surface area contributed by atoms with Crippen molar-refractivity contribution in [3.05, 3.63) is 0 Å².